The molecule has 0 saturated heterocycles. The van der Waals surface area contributed by atoms with E-state index in [0.717, 1.165) is 11.3 Å². The number of benzene rings is 2. The number of hydrogen-bond donors (Lipinski definition) is 1. The van der Waals surface area contributed by atoms with Gasteiger partial charge >= 0.3 is 12.2 Å². The molecule has 7 nitrogen and oxygen atoms in total. The summed E-state index contributed by atoms with van der Waals surface area (Å²) in [7, 11) is 1.58. The molecule has 144 valence electrons. The quantitative estimate of drug-likeness (QED) is 0.788. The highest BCUT2D eigenvalue weighted by Gasteiger charge is 2.19. The Labute approximate surface area is 158 Å². The third-order valence-corrected chi connectivity index (χ3v) is 3.71. The smallest absolute Gasteiger partial charge is 0.419 e. The third kappa shape index (κ3) is 6.00. The summed E-state index contributed by atoms with van der Waals surface area (Å²) in [5.74, 6) is 0.310. The summed E-state index contributed by atoms with van der Waals surface area (Å²) in [6, 6.07) is 14.1. The molecule has 0 aromatic heterocycles. The lowest BCUT2D eigenvalue weighted by Crippen LogP contribution is -2.36. The van der Waals surface area contributed by atoms with Crippen LogP contribution in [0.25, 0.3) is 0 Å². The second-order valence-electron chi connectivity index (χ2n) is 5.67. The summed E-state index contributed by atoms with van der Waals surface area (Å²) in [4.78, 5) is 25.8. The van der Waals surface area contributed by atoms with Crippen molar-refractivity contribution in [3.63, 3.8) is 0 Å². The lowest BCUT2D eigenvalue weighted by molar-refractivity contribution is 0.168. The van der Waals surface area contributed by atoms with Crippen LogP contribution in [0.1, 0.15) is 12.5 Å². The third-order valence-electron chi connectivity index (χ3n) is 3.71. The summed E-state index contributed by atoms with van der Waals surface area (Å²) < 4.78 is 15.5. The van der Waals surface area contributed by atoms with E-state index in [1.54, 1.807) is 38.3 Å². The van der Waals surface area contributed by atoms with Crippen LogP contribution in [-0.2, 0) is 9.47 Å². The van der Waals surface area contributed by atoms with Crippen molar-refractivity contribution in [1.82, 2.24) is 0 Å². The van der Waals surface area contributed by atoms with E-state index in [1.165, 1.54) is 4.90 Å². The minimum atomic E-state index is -0.567. The number of aryl methyl sites for hydroxylation is 1. The molecule has 1 N–H and O–H groups in total. The van der Waals surface area contributed by atoms with Crippen molar-refractivity contribution in [1.29, 1.82) is 0 Å². The van der Waals surface area contributed by atoms with Gasteiger partial charge in [-0.3, -0.25) is 10.2 Å². The van der Waals surface area contributed by atoms with Crippen LogP contribution in [-0.4, -0.2) is 39.1 Å². The van der Waals surface area contributed by atoms with Crippen molar-refractivity contribution < 1.29 is 23.8 Å². The molecule has 27 heavy (non-hydrogen) atoms. The Morgan fingerprint density at radius 3 is 2.59 bits per heavy atom. The molecule has 2 rings (SSSR count). The predicted octanol–water partition coefficient (Wildman–Crippen LogP) is 4.22. The molecule has 0 saturated carbocycles. The second kappa shape index (κ2) is 10.2. The molecule has 2 aromatic carbocycles. The van der Waals surface area contributed by atoms with Gasteiger partial charge in [0.15, 0.2) is 0 Å². The maximum absolute atomic E-state index is 12.7. The SMILES string of the molecule is CCOC(=O)Nc1cccc(OC(=O)N(CCOC)c2ccccc2C)c1. The van der Waals surface area contributed by atoms with Crippen LogP contribution in [0, 0.1) is 6.92 Å². The Balaban J connectivity index is 2.15. The van der Waals surface area contributed by atoms with Crippen LogP contribution >= 0.6 is 0 Å². The minimum absolute atomic E-state index is 0.269. The average Bonchev–Trinajstić information content (AvgIpc) is 2.64. The Bertz CT molecular complexity index is 778. The number of methoxy groups -OCH3 is 1. The monoisotopic (exact) mass is 372 g/mol. The van der Waals surface area contributed by atoms with Gasteiger partial charge in [0, 0.05) is 18.9 Å². The highest BCUT2D eigenvalue weighted by atomic mass is 16.6. The number of ether oxygens (including phenoxy) is 3. The van der Waals surface area contributed by atoms with Gasteiger partial charge in [-0.1, -0.05) is 24.3 Å². The van der Waals surface area contributed by atoms with E-state index in [9.17, 15) is 9.59 Å². The van der Waals surface area contributed by atoms with Crippen LogP contribution in [0.5, 0.6) is 5.75 Å². The zero-order valence-electron chi connectivity index (χ0n) is 15.7. The first-order valence-electron chi connectivity index (χ1n) is 8.63. The van der Waals surface area contributed by atoms with Crippen molar-refractivity contribution >= 4 is 23.6 Å². The molecule has 0 heterocycles. The second-order valence-corrected chi connectivity index (χ2v) is 5.67. The van der Waals surface area contributed by atoms with E-state index in [1.807, 2.05) is 31.2 Å². The Kier molecular flexibility index (Phi) is 7.63. The zero-order chi connectivity index (χ0) is 19.6. The summed E-state index contributed by atoms with van der Waals surface area (Å²) in [6.45, 7) is 4.63. The van der Waals surface area contributed by atoms with E-state index < -0.39 is 12.2 Å². The van der Waals surface area contributed by atoms with Crippen molar-refractivity contribution in [2.75, 3.05) is 37.1 Å². The number of carbonyl (C=O) groups excluding carboxylic acids is 2. The number of para-hydroxylation sites is 1. The normalized spacial score (nSPS) is 10.2. The fourth-order valence-electron chi connectivity index (χ4n) is 2.44. The maximum atomic E-state index is 12.7. The van der Waals surface area contributed by atoms with Gasteiger partial charge in [0.2, 0.25) is 0 Å². The summed E-state index contributed by atoms with van der Waals surface area (Å²) >= 11 is 0. The van der Waals surface area contributed by atoms with Gasteiger partial charge in [-0.05, 0) is 37.6 Å². The molecule has 0 unspecified atom stereocenters. The number of rotatable bonds is 7. The zero-order valence-corrected chi connectivity index (χ0v) is 15.7. The molecule has 7 heteroatoms. The largest absolute Gasteiger partial charge is 0.450 e. The molecule has 2 aromatic rings. The lowest BCUT2D eigenvalue weighted by Gasteiger charge is -2.23. The topological polar surface area (TPSA) is 77.1 Å². The van der Waals surface area contributed by atoms with Gasteiger partial charge in [-0.15, -0.1) is 0 Å². The van der Waals surface area contributed by atoms with Gasteiger partial charge in [-0.2, -0.15) is 0 Å². The van der Waals surface area contributed by atoms with Gasteiger partial charge in [0.05, 0.1) is 25.4 Å². The summed E-state index contributed by atoms with van der Waals surface area (Å²) in [6.07, 6.45) is -1.10. The van der Waals surface area contributed by atoms with E-state index >= 15 is 0 Å². The van der Waals surface area contributed by atoms with Crippen LogP contribution < -0.4 is 15.0 Å². The Morgan fingerprint density at radius 2 is 1.89 bits per heavy atom. The molecule has 0 radical (unpaired) electrons. The van der Waals surface area contributed by atoms with Gasteiger partial charge in [0.1, 0.15) is 5.75 Å². The molecule has 0 bridgehead atoms. The first-order chi connectivity index (χ1) is 13.0. The average molecular weight is 372 g/mol. The number of amides is 2. The summed E-state index contributed by atoms with van der Waals surface area (Å²) in [5, 5.41) is 2.57. The molecule has 0 aliphatic carbocycles. The van der Waals surface area contributed by atoms with Crippen molar-refractivity contribution in [2.45, 2.75) is 13.8 Å². The van der Waals surface area contributed by atoms with Crippen LogP contribution in [0.3, 0.4) is 0 Å². The Hall–Kier alpha value is -3.06. The molecule has 0 aliphatic heterocycles. The van der Waals surface area contributed by atoms with E-state index in [2.05, 4.69) is 5.32 Å². The Morgan fingerprint density at radius 1 is 1.11 bits per heavy atom. The molecule has 0 spiro atoms. The number of hydrogen-bond acceptors (Lipinski definition) is 5. The number of nitrogens with one attached hydrogen (secondary N) is 1. The molecular weight excluding hydrogens is 348 g/mol. The van der Waals surface area contributed by atoms with Gasteiger partial charge in [-0.25, -0.2) is 9.59 Å². The lowest BCUT2D eigenvalue weighted by atomic mass is 10.2. The maximum Gasteiger partial charge on any atom is 0.419 e. The molecule has 0 fully saturated rings. The number of carbonyl (C=O) groups is 2. The van der Waals surface area contributed by atoms with Crippen LogP contribution in [0.2, 0.25) is 0 Å². The van der Waals surface area contributed by atoms with Crippen LogP contribution in [0.4, 0.5) is 21.0 Å². The number of anilines is 2. The van der Waals surface area contributed by atoms with E-state index in [-0.39, 0.29) is 6.61 Å². The molecule has 0 aliphatic rings. The van der Waals surface area contributed by atoms with Gasteiger partial charge < -0.3 is 14.2 Å². The fourth-order valence-corrected chi connectivity index (χ4v) is 2.44. The minimum Gasteiger partial charge on any atom is -0.450 e. The highest BCUT2D eigenvalue weighted by Crippen LogP contribution is 2.23. The van der Waals surface area contributed by atoms with Crippen LogP contribution in [0.15, 0.2) is 48.5 Å². The van der Waals surface area contributed by atoms with Gasteiger partial charge in [0.25, 0.3) is 0 Å². The first-order valence-corrected chi connectivity index (χ1v) is 8.63. The molecular formula is C20H24N2O5. The van der Waals surface area contributed by atoms with Crippen molar-refractivity contribution in [3.05, 3.63) is 54.1 Å². The standard InChI is InChI=1S/C20H24N2O5/c1-4-26-19(23)21-16-9-7-10-17(14-16)27-20(24)22(12-13-25-3)18-11-6-5-8-15(18)2/h5-11,14H,4,12-13H2,1-3H3,(H,21,23). The van der Waals surface area contributed by atoms with E-state index in [0.29, 0.717) is 24.6 Å². The predicted molar refractivity (Wildman–Crippen MR) is 104 cm³/mol. The fraction of sp³-hybridized carbons (Fsp3) is 0.300. The first kappa shape index (κ1) is 20.3. The summed E-state index contributed by atoms with van der Waals surface area (Å²) in [5.41, 5.74) is 2.17. The highest BCUT2D eigenvalue weighted by molar-refractivity contribution is 5.90. The molecule has 0 atom stereocenters. The number of nitrogens with zero attached hydrogens (tertiary/aromatic N) is 1. The van der Waals surface area contributed by atoms with E-state index in [4.69, 9.17) is 14.2 Å². The van der Waals surface area contributed by atoms with Crippen molar-refractivity contribution in [3.8, 4) is 5.75 Å². The van der Waals surface area contributed by atoms with Crippen molar-refractivity contribution in [2.24, 2.45) is 0 Å². The molecule has 2 amide bonds.